The third-order valence-corrected chi connectivity index (χ3v) is 4.38. The average molecular weight is 340 g/mol. The fourth-order valence-corrected chi connectivity index (χ4v) is 2.57. The zero-order valence-electron chi connectivity index (χ0n) is 15.0. The van der Waals surface area contributed by atoms with Gasteiger partial charge in [0, 0.05) is 31.1 Å². The Labute approximate surface area is 150 Å². The molecule has 1 aliphatic carbocycles. The number of nitrogens with two attached hydrogens (primary N) is 1. The third-order valence-electron chi connectivity index (χ3n) is 4.38. The molecule has 1 aromatic carbocycles. The van der Waals surface area contributed by atoms with Crippen LogP contribution in [0.3, 0.4) is 0 Å². The van der Waals surface area contributed by atoms with Gasteiger partial charge in [-0.1, -0.05) is 17.9 Å². The van der Waals surface area contributed by atoms with Gasteiger partial charge >= 0.3 is 0 Å². The van der Waals surface area contributed by atoms with Gasteiger partial charge in [-0.3, -0.25) is 5.41 Å². The summed E-state index contributed by atoms with van der Waals surface area (Å²) in [5.74, 6) is 7.07. The molecule has 1 unspecified atom stereocenters. The molecule has 1 heterocycles. The lowest BCUT2D eigenvalue weighted by Gasteiger charge is -2.20. The Morgan fingerprint density at radius 1 is 1.32 bits per heavy atom. The van der Waals surface area contributed by atoms with Crippen LogP contribution in [-0.4, -0.2) is 25.1 Å². The molecule has 1 saturated heterocycles. The molecule has 1 aliphatic heterocycles. The Morgan fingerprint density at radius 2 is 2.12 bits per heavy atom. The largest absolute Gasteiger partial charge is 0.377 e. The first-order valence-electron chi connectivity index (χ1n) is 9.00. The molecule has 2 aliphatic rings. The zero-order chi connectivity index (χ0) is 18.1. The van der Waals surface area contributed by atoms with Crippen molar-refractivity contribution in [3.05, 3.63) is 34.9 Å². The highest BCUT2D eigenvalue weighted by Gasteiger charge is 2.17. The van der Waals surface area contributed by atoms with Crippen LogP contribution in [-0.2, 0) is 11.2 Å². The van der Waals surface area contributed by atoms with E-state index in [1.807, 2.05) is 25.1 Å². The van der Waals surface area contributed by atoms with E-state index in [9.17, 15) is 0 Å². The maximum Gasteiger partial charge on any atom is 0.147 e. The number of hydrogen-bond donors (Lipinski definition) is 3. The van der Waals surface area contributed by atoms with E-state index in [-0.39, 0.29) is 5.84 Å². The maximum absolute atomic E-state index is 7.43. The van der Waals surface area contributed by atoms with Gasteiger partial charge < -0.3 is 10.5 Å². The first-order valence-corrected chi connectivity index (χ1v) is 9.00. The molecule has 0 radical (unpaired) electrons. The van der Waals surface area contributed by atoms with Gasteiger partial charge in [0.25, 0.3) is 0 Å². The topological polar surface area (TPSA) is 95.3 Å². The monoisotopic (exact) mass is 340 g/mol. The molecule has 4 N–H and O–H groups in total. The van der Waals surface area contributed by atoms with Gasteiger partial charge in [0.05, 0.1) is 6.10 Å². The van der Waals surface area contributed by atoms with Crippen LogP contribution in [0.1, 0.15) is 48.8 Å². The summed E-state index contributed by atoms with van der Waals surface area (Å²) in [6, 6.07) is 6.03. The second kappa shape index (κ2) is 10.1. The summed E-state index contributed by atoms with van der Waals surface area (Å²) in [4.78, 5) is 0. The molecule has 2 fully saturated rings. The predicted octanol–water partition coefficient (Wildman–Crippen LogP) is 3.82. The zero-order valence-corrected chi connectivity index (χ0v) is 15.0. The van der Waals surface area contributed by atoms with Crippen LogP contribution in [0.2, 0.25) is 0 Å². The summed E-state index contributed by atoms with van der Waals surface area (Å²) in [7, 11) is 0. The van der Waals surface area contributed by atoms with E-state index in [0.717, 1.165) is 29.7 Å². The molecular weight excluding hydrogens is 312 g/mol. The minimum atomic E-state index is 0.0837. The van der Waals surface area contributed by atoms with E-state index in [2.05, 4.69) is 17.0 Å². The van der Waals surface area contributed by atoms with Crippen molar-refractivity contribution in [2.45, 2.75) is 51.6 Å². The number of aryl methyl sites for hydroxylation is 1. The predicted molar refractivity (Wildman–Crippen MR) is 100 cm³/mol. The van der Waals surface area contributed by atoms with Crippen LogP contribution in [0.25, 0.3) is 0 Å². The molecule has 0 amide bonds. The summed E-state index contributed by atoms with van der Waals surface area (Å²) in [5.41, 5.74) is 15.3. The summed E-state index contributed by atoms with van der Waals surface area (Å²) < 4.78 is 5.30. The molecule has 5 nitrogen and oxygen atoms in total. The Balaban J connectivity index is 0.000000236. The quantitative estimate of drug-likeness (QED) is 0.337. The highest BCUT2D eigenvalue weighted by atomic mass is 16.5. The molecule has 134 valence electrons. The van der Waals surface area contributed by atoms with E-state index in [1.165, 1.54) is 25.7 Å². The normalized spacial score (nSPS) is 19.0. The molecule has 1 saturated carbocycles. The van der Waals surface area contributed by atoms with E-state index in [0.29, 0.717) is 25.0 Å². The number of benzene rings is 1. The number of rotatable bonds is 3. The van der Waals surface area contributed by atoms with Crippen LogP contribution < -0.4 is 5.73 Å². The Morgan fingerprint density at radius 3 is 2.68 bits per heavy atom. The molecule has 0 aromatic heterocycles. The van der Waals surface area contributed by atoms with Crippen molar-refractivity contribution < 1.29 is 4.74 Å². The van der Waals surface area contributed by atoms with Gasteiger partial charge in [0.15, 0.2) is 0 Å². The minimum Gasteiger partial charge on any atom is -0.377 e. The molecule has 1 aromatic rings. The summed E-state index contributed by atoms with van der Waals surface area (Å²) >= 11 is 0. The highest BCUT2D eigenvalue weighted by Crippen LogP contribution is 2.27. The lowest BCUT2D eigenvalue weighted by Crippen LogP contribution is -2.27. The summed E-state index contributed by atoms with van der Waals surface area (Å²) in [6.07, 6.45) is 6.91. The first-order chi connectivity index (χ1) is 12.1. The lowest BCUT2D eigenvalue weighted by molar-refractivity contribution is 0.0222. The van der Waals surface area contributed by atoms with E-state index in [4.69, 9.17) is 21.4 Å². The fraction of sp³-hybridized carbons (Fsp3) is 0.550. The molecule has 3 rings (SSSR count). The fourth-order valence-electron chi connectivity index (χ4n) is 2.57. The molecule has 0 bridgehead atoms. The Kier molecular flexibility index (Phi) is 7.77. The van der Waals surface area contributed by atoms with Gasteiger partial charge in [-0.2, -0.15) is 0 Å². The SMILES string of the molecule is Cc1ccc(C#CC2CC2)cc1CC(=N)N=N.NCC1CCCCO1. The van der Waals surface area contributed by atoms with E-state index >= 15 is 0 Å². The lowest BCUT2D eigenvalue weighted by atomic mass is 10.0. The minimum absolute atomic E-state index is 0.0837. The molecular formula is C20H28N4O. The van der Waals surface area contributed by atoms with Gasteiger partial charge in [0.2, 0.25) is 0 Å². The summed E-state index contributed by atoms with van der Waals surface area (Å²) in [6.45, 7) is 3.62. The molecule has 1 atom stereocenters. The van der Waals surface area contributed by atoms with Gasteiger partial charge in [-0.05, 0) is 62.3 Å². The average Bonchev–Trinajstić information content (AvgIpc) is 3.48. The van der Waals surface area contributed by atoms with Gasteiger partial charge in [-0.25, -0.2) is 5.53 Å². The second-order valence-corrected chi connectivity index (χ2v) is 6.64. The van der Waals surface area contributed by atoms with Crippen molar-refractivity contribution in [2.75, 3.05) is 13.2 Å². The van der Waals surface area contributed by atoms with Crippen LogP contribution in [0.15, 0.2) is 23.3 Å². The smallest absolute Gasteiger partial charge is 0.147 e. The van der Waals surface area contributed by atoms with Crippen LogP contribution >= 0.6 is 0 Å². The molecule has 0 spiro atoms. The standard InChI is InChI=1S/C14H15N3.C6H13NO/c1-10-2-3-12(7-6-11-4-5-11)8-13(10)9-14(15)17-16;7-5-6-3-1-2-4-8-6/h2-3,8,11,15-16H,4-5,9H2,1H3;6H,1-5,7H2. The van der Waals surface area contributed by atoms with Crippen molar-refractivity contribution in [1.29, 1.82) is 10.9 Å². The molecule has 5 heteroatoms. The number of nitrogens with zero attached hydrogens (tertiary/aromatic N) is 1. The van der Waals surface area contributed by atoms with Crippen LogP contribution in [0.4, 0.5) is 0 Å². The van der Waals surface area contributed by atoms with Crippen molar-refractivity contribution in [3.8, 4) is 11.8 Å². The maximum atomic E-state index is 7.43. The Hall–Kier alpha value is -2.03. The van der Waals surface area contributed by atoms with Crippen molar-refractivity contribution >= 4 is 5.84 Å². The number of hydrogen-bond acceptors (Lipinski definition) is 4. The van der Waals surface area contributed by atoms with Crippen molar-refractivity contribution in [3.63, 3.8) is 0 Å². The van der Waals surface area contributed by atoms with Gasteiger partial charge in [-0.15, -0.1) is 5.11 Å². The van der Waals surface area contributed by atoms with Crippen molar-refractivity contribution in [2.24, 2.45) is 16.8 Å². The third kappa shape index (κ3) is 7.16. The van der Waals surface area contributed by atoms with Crippen LogP contribution in [0, 0.1) is 35.6 Å². The number of nitrogens with one attached hydrogen (secondary N) is 2. The molecule has 25 heavy (non-hydrogen) atoms. The van der Waals surface area contributed by atoms with Crippen LogP contribution in [0.5, 0.6) is 0 Å². The second-order valence-electron chi connectivity index (χ2n) is 6.64. The summed E-state index contributed by atoms with van der Waals surface area (Å²) in [5, 5.41) is 10.6. The van der Waals surface area contributed by atoms with E-state index in [1.54, 1.807) is 0 Å². The Bertz CT molecular complexity index is 649. The number of ether oxygens (including phenoxy) is 1. The van der Waals surface area contributed by atoms with Gasteiger partial charge in [0.1, 0.15) is 5.84 Å². The highest BCUT2D eigenvalue weighted by molar-refractivity contribution is 5.81. The first kappa shape index (κ1) is 19.3. The van der Waals surface area contributed by atoms with E-state index < -0.39 is 0 Å². The number of amidine groups is 1. The van der Waals surface area contributed by atoms with Crippen molar-refractivity contribution in [1.82, 2.24) is 0 Å².